The lowest BCUT2D eigenvalue weighted by atomic mass is 10.0. The fraction of sp³-hybridized carbons (Fsp3) is 0.625. The van der Waals surface area contributed by atoms with Crippen molar-refractivity contribution in [1.82, 2.24) is 4.31 Å². The van der Waals surface area contributed by atoms with E-state index in [9.17, 15) is 13.5 Å². The Balaban J connectivity index is 2.52. The van der Waals surface area contributed by atoms with Crippen LogP contribution in [-0.4, -0.2) is 29.9 Å². The van der Waals surface area contributed by atoms with Crippen molar-refractivity contribution in [2.45, 2.75) is 70.0 Å². The molecule has 0 bridgehead atoms. The van der Waals surface area contributed by atoms with Crippen molar-refractivity contribution in [1.29, 1.82) is 0 Å². The van der Waals surface area contributed by atoms with Crippen LogP contribution in [0, 0.1) is 0 Å². The average Bonchev–Trinajstić information content (AvgIpc) is 2.46. The molecule has 0 saturated carbocycles. The van der Waals surface area contributed by atoms with Gasteiger partial charge < -0.3 is 5.11 Å². The number of aryl methyl sites for hydroxylation is 1. The third-order valence-corrected chi connectivity index (χ3v) is 6.57. The van der Waals surface area contributed by atoms with Crippen LogP contribution in [0.3, 0.4) is 0 Å². The van der Waals surface area contributed by atoms with Crippen LogP contribution in [0.15, 0.2) is 23.1 Å². The first-order valence-electron chi connectivity index (χ1n) is 7.68. The molecule has 21 heavy (non-hydrogen) atoms. The molecule has 1 N–H and O–H groups in total. The van der Waals surface area contributed by atoms with Crippen molar-refractivity contribution in [3.63, 3.8) is 0 Å². The van der Waals surface area contributed by atoms with E-state index in [1.165, 1.54) is 0 Å². The second-order valence-corrected chi connectivity index (χ2v) is 7.73. The van der Waals surface area contributed by atoms with Crippen LogP contribution < -0.4 is 0 Å². The molecule has 2 atom stereocenters. The van der Waals surface area contributed by atoms with Gasteiger partial charge in [0.25, 0.3) is 0 Å². The Hall–Kier alpha value is -0.910. The largest absolute Gasteiger partial charge is 0.392 e. The van der Waals surface area contributed by atoms with E-state index in [0.717, 1.165) is 24.8 Å². The van der Waals surface area contributed by atoms with E-state index in [2.05, 4.69) is 0 Å². The first-order valence-corrected chi connectivity index (χ1v) is 9.12. The summed E-state index contributed by atoms with van der Waals surface area (Å²) < 4.78 is 27.9. The summed E-state index contributed by atoms with van der Waals surface area (Å²) in [6.45, 7) is 5.77. The Labute approximate surface area is 127 Å². The van der Waals surface area contributed by atoms with Crippen molar-refractivity contribution in [2.75, 3.05) is 0 Å². The van der Waals surface area contributed by atoms with Gasteiger partial charge >= 0.3 is 0 Å². The normalized spacial score (nSPS) is 24.2. The summed E-state index contributed by atoms with van der Waals surface area (Å²) in [5.41, 5.74) is 1.46. The molecule has 1 saturated heterocycles. The maximum atomic E-state index is 13.1. The Morgan fingerprint density at radius 1 is 1.24 bits per heavy atom. The second kappa shape index (κ2) is 6.46. The zero-order valence-electron chi connectivity index (χ0n) is 13.0. The third-order valence-electron chi connectivity index (χ3n) is 4.36. The van der Waals surface area contributed by atoms with E-state index in [0.29, 0.717) is 16.9 Å². The first kappa shape index (κ1) is 16.5. The van der Waals surface area contributed by atoms with Crippen LogP contribution in [0.25, 0.3) is 0 Å². The third kappa shape index (κ3) is 3.15. The number of aliphatic hydroxyl groups excluding tert-OH is 1. The van der Waals surface area contributed by atoms with E-state index in [4.69, 9.17) is 0 Å². The highest BCUT2D eigenvalue weighted by Crippen LogP contribution is 2.31. The fourth-order valence-corrected chi connectivity index (χ4v) is 5.44. The van der Waals surface area contributed by atoms with Crippen molar-refractivity contribution < 1.29 is 13.5 Å². The maximum absolute atomic E-state index is 13.1. The Morgan fingerprint density at radius 3 is 2.38 bits per heavy atom. The number of aliphatic hydroxyl groups is 1. The number of hydrogen-bond acceptors (Lipinski definition) is 3. The van der Waals surface area contributed by atoms with E-state index in [-0.39, 0.29) is 18.7 Å². The van der Waals surface area contributed by atoms with Crippen LogP contribution >= 0.6 is 0 Å². The minimum atomic E-state index is -3.51. The van der Waals surface area contributed by atoms with Crippen molar-refractivity contribution in [3.05, 3.63) is 29.3 Å². The molecule has 118 valence electrons. The maximum Gasteiger partial charge on any atom is 0.243 e. The van der Waals surface area contributed by atoms with Gasteiger partial charge in [0.2, 0.25) is 10.0 Å². The molecule has 1 aromatic rings. The lowest BCUT2D eigenvalue weighted by molar-refractivity contribution is 0.204. The monoisotopic (exact) mass is 311 g/mol. The van der Waals surface area contributed by atoms with Gasteiger partial charge in [0.15, 0.2) is 0 Å². The summed E-state index contributed by atoms with van der Waals surface area (Å²) in [6, 6.07) is 5.29. The lowest BCUT2D eigenvalue weighted by Gasteiger charge is -2.38. The summed E-state index contributed by atoms with van der Waals surface area (Å²) in [4.78, 5) is 0.358. The number of piperidine rings is 1. The van der Waals surface area contributed by atoms with Crippen molar-refractivity contribution >= 4 is 10.0 Å². The highest BCUT2D eigenvalue weighted by atomic mass is 32.2. The SMILES string of the molecule is CCc1ccc(CO)cc1S(=O)(=O)N1[C@H](C)CCC[C@@H]1C. The first-order chi connectivity index (χ1) is 9.91. The highest BCUT2D eigenvalue weighted by Gasteiger charge is 2.36. The van der Waals surface area contributed by atoms with Crippen LogP contribution in [-0.2, 0) is 23.1 Å². The number of benzene rings is 1. The molecule has 0 aliphatic carbocycles. The topological polar surface area (TPSA) is 57.6 Å². The van der Waals surface area contributed by atoms with Crippen LogP contribution in [0.1, 0.15) is 51.2 Å². The fourth-order valence-electron chi connectivity index (χ4n) is 3.21. The Bertz CT molecular complexity index is 588. The van der Waals surface area contributed by atoms with E-state index >= 15 is 0 Å². The molecule has 2 rings (SSSR count). The minimum Gasteiger partial charge on any atom is -0.392 e. The van der Waals surface area contributed by atoms with Gasteiger partial charge in [-0.2, -0.15) is 4.31 Å². The Morgan fingerprint density at radius 2 is 1.86 bits per heavy atom. The van der Waals surface area contributed by atoms with E-state index in [1.54, 1.807) is 16.4 Å². The quantitative estimate of drug-likeness (QED) is 0.930. The highest BCUT2D eigenvalue weighted by molar-refractivity contribution is 7.89. The predicted molar refractivity (Wildman–Crippen MR) is 83.5 cm³/mol. The van der Waals surface area contributed by atoms with Gasteiger partial charge in [0.05, 0.1) is 11.5 Å². The molecular weight excluding hydrogens is 286 g/mol. The molecule has 0 aromatic heterocycles. The zero-order valence-corrected chi connectivity index (χ0v) is 13.9. The molecule has 0 spiro atoms. The summed E-state index contributed by atoms with van der Waals surface area (Å²) in [6.07, 6.45) is 3.55. The molecule has 4 nitrogen and oxygen atoms in total. The number of hydrogen-bond donors (Lipinski definition) is 1. The summed E-state index contributed by atoms with van der Waals surface area (Å²) in [7, 11) is -3.51. The summed E-state index contributed by atoms with van der Waals surface area (Å²) >= 11 is 0. The molecule has 1 aliphatic rings. The number of nitrogens with zero attached hydrogens (tertiary/aromatic N) is 1. The molecule has 1 heterocycles. The van der Waals surface area contributed by atoms with Gasteiger partial charge in [-0.3, -0.25) is 0 Å². The van der Waals surface area contributed by atoms with E-state index in [1.807, 2.05) is 26.8 Å². The molecular formula is C16H25NO3S. The van der Waals surface area contributed by atoms with Gasteiger partial charge in [0, 0.05) is 12.1 Å². The lowest BCUT2D eigenvalue weighted by Crippen LogP contribution is -2.47. The second-order valence-electron chi connectivity index (χ2n) is 5.92. The molecule has 0 unspecified atom stereocenters. The number of rotatable bonds is 4. The predicted octanol–water partition coefficient (Wildman–Crippen LogP) is 2.69. The van der Waals surface area contributed by atoms with Gasteiger partial charge in [-0.25, -0.2) is 8.42 Å². The van der Waals surface area contributed by atoms with E-state index < -0.39 is 10.0 Å². The summed E-state index contributed by atoms with van der Waals surface area (Å²) in [5.74, 6) is 0. The standard InChI is InChI=1S/C16H25NO3S/c1-4-15-9-8-14(11-18)10-16(15)21(19,20)17-12(2)6-5-7-13(17)3/h8-10,12-13,18H,4-7,11H2,1-3H3/t12-,13+. The van der Waals surface area contributed by atoms with Gasteiger partial charge in [-0.1, -0.05) is 25.5 Å². The number of sulfonamides is 1. The molecule has 1 aromatic carbocycles. The van der Waals surface area contributed by atoms with Crippen LogP contribution in [0.2, 0.25) is 0 Å². The molecule has 1 aliphatic heterocycles. The van der Waals surface area contributed by atoms with Gasteiger partial charge in [-0.15, -0.1) is 0 Å². The van der Waals surface area contributed by atoms with Crippen LogP contribution in [0.5, 0.6) is 0 Å². The average molecular weight is 311 g/mol. The molecule has 0 amide bonds. The zero-order chi connectivity index (χ0) is 15.6. The van der Waals surface area contributed by atoms with Crippen molar-refractivity contribution in [2.24, 2.45) is 0 Å². The summed E-state index contributed by atoms with van der Waals surface area (Å²) in [5, 5.41) is 9.30. The molecule has 5 heteroatoms. The molecule has 1 fully saturated rings. The molecule has 0 radical (unpaired) electrons. The minimum absolute atomic E-state index is 0.0289. The smallest absolute Gasteiger partial charge is 0.243 e. The van der Waals surface area contributed by atoms with Crippen molar-refractivity contribution in [3.8, 4) is 0 Å². The van der Waals surface area contributed by atoms with Gasteiger partial charge in [-0.05, 0) is 50.3 Å². The van der Waals surface area contributed by atoms with Gasteiger partial charge in [0.1, 0.15) is 0 Å². The Kier molecular flexibility index (Phi) is 5.07. The van der Waals surface area contributed by atoms with Crippen LogP contribution in [0.4, 0.5) is 0 Å².